The molecule has 0 aromatic heterocycles. The number of rotatable bonds is 6. The first-order chi connectivity index (χ1) is 11.7. The lowest BCUT2D eigenvalue weighted by atomic mass is 9.92. The molecule has 138 valence electrons. The standard InChI is InChI=1S/C16H18F3NO4S/c17-16(18,19)24-12-4-1-11(2-5-12)3-6-13(21)20-15(14(22)23)7-9-25-10-8-15/h1-2,4-5H,3,6-10H2,(H,20,21)(H,22,23). The number of alkyl halides is 3. The van der Waals surface area contributed by atoms with Crippen LogP contribution in [0.2, 0.25) is 0 Å². The Morgan fingerprint density at radius 3 is 2.32 bits per heavy atom. The number of carbonyl (C=O) groups excluding carboxylic acids is 1. The zero-order chi connectivity index (χ0) is 18.5. The van der Waals surface area contributed by atoms with E-state index in [0.29, 0.717) is 36.3 Å². The van der Waals surface area contributed by atoms with E-state index >= 15 is 0 Å². The highest BCUT2D eigenvalue weighted by atomic mass is 32.2. The van der Waals surface area contributed by atoms with Gasteiger partial charge in [-0.15, -0.1) is 13.2 Å². The van der Waals surface area contributed by atoms with E-state index < -0.39 is 17.9 Å². The Bertz CT molecular complexity index is 613. The number of halogens is 3. The van der Waals surface area contributed by atoms with Gasteiger partial charge >= 0.3 is 12.3 Å². The molecule has 1 amide bonds. The molecular formula is C16H18F3NO4S. The van der Waals surface area contributed by atoms with Gasteiger partial charge in [0.15, 0.2) is 0 Å². The van der Waals surface area contributed by atoms with Gasteiger partial charge in [-0.25, -0.2) is 4.79 Å². The third-order valence-corrected chi connectivity index (χ3v) is 4.92. The number of nitrogens with one attached hydrogen (secondary N) is 1. The molecule has 1 aromatic carbocycles. The fraction of sp³-hybridized carbons (Fsp3) is 0.500. The van der Waals surface area contributed by atoms with Crippen LogP contribution in [0.25, 0.3) is 0 Å². The average Bonchev–Trinajstić information content (AvgIpc) is 2.53. The zero-order valence-corrected chi connectivity index (χ0v) is 14.1. The minimum atomic E-state index is -4.75. The largest absolute Gasteiger partial charge is 0.573 e. The molecule has 2 rings (SSSR count). The van der Waals surface area contributed by atoms with Gasteiger partial charge in [0.2, 0.25) is 5.91 Å². The number of benzene rings is 1. The van der Waals surface area contributed by atoms with Crippen LogP contribution < -0.4 is 10.1 Å². The summed E-state index contributed by atoms with van der Waals surface area (Å²) >= 11 is 1.65. The van der Waals surface area contributed by atoms with Crippen molar-refractivity contribution in [3.8, 4) is 5.75 Å². The number of hydrogen-bond acceptors (Lipinski definition) is 4. The molecule has 1 aromatic rings. The summed E-state index contributed by atoms with van der Waals surface area (Å²) < 4.78 is 40.1. The van der Waals surface area contributed by atoms with E-state index in [1.54, 1.807) is 11.8 Å². The molecule has 0 atom stereocenters. The topological polar surface area (TPSA) is 75.6 Å². The summed E-state index contributed by atoms with van der Waals surface area (Å²) in [6.45, 7) is 0. The molecule has 0 unspecified atom stereocenters. The lowest BCUT2D eigenvalue weighted by molar-refractivity contribution is -0.274. The SMILES string of the molecule is O=C(CCc1ccc(OC(F)(F)F)cc1)NC1(C(=O)O)CCSCC1. The molecular weight excluding hydrogens is 359 g/mol. The predicted molar refractivity (Wildman–Crippen MR) is 86.5 cm³/mol. The van der Waals surface area contributed by atoms with Crippen molar-refractivity contribution in [3.05, 3.63) is 29.8 Å². The van der Waals surface area contributed by atoms with Crippen molar-refractivity contribution in [3.63, 3.8) is 0 Å². The maximum Gasteiger partial charge on any atom is 0.573 e. The number of hydrogen-bond donors (Lipinski definition) is 2. The van der Waals surface area contributed by atoms with Crippen molar-refractivity contribution in [2.24, 2.45) is 0 Å². The van der Waals surface area contributed by atoms with Gasteiger partial charge in [-0.1, -0.05) is 12.1 Å². The van der Waals surface area contributed by atoms with Gasteiger partial charge in [-0.3, -0.25) is 4.79 Å². The summed E-state index contributed by atoms with van der Waals surface area (Å²) in [6.07, 6.45) is -3.64. The van der Waals surface area contributed by atoms with Crippen molar-refractivity contribution in [1.29, 1.82) is 0 Å². The zero-order valence-electron chi connectivity index (χ0n) is 13.3. The lowest BCUT2D eigenvalue weighted by Gasteiger charge is -2.33. The molecule has 1 saturated heterocycles. The van der Waals surface area contributed by atoms with Crippen molar-refractivity contribution in [1.82, 2.24) is 5.32 Å². The first-order valence-corrected chi connectivity index (χ1v) is 8.82. The van der Waals surface area contributed by atoms with Gasteiger partial charge < -0.3 is 15.2 Å². The van der Waals surface area contributed by atoms with Crippen molar-refractivity contribution >= 4 is 23.6 Å². The van der Waals surface area contributed by atoms with Gasteiger partial charge in [-0.2, -0.15) is 11.8 Å². The molecule has 0 bridgehead atoms. The van der Waals surface area contributed by atoms with Crippen molar-refractivity contribution in [2.75, 3.05) is 11.5 Å². The van der Waals surface area contributed by atoms with Crippen LogP contribution in [0, 0.1) is 0 Å². The number of aliphatic carboxylic acids is 1. The Hall–Kier alpha value is -1.90. The van der Waals surface area contributed by atoms with Crippen LogP contribution in [0.15, 0.2) is 24.3 Å². The molecule has 1 heterocycles. The third-order valence-electron chi connectivity index (χ3n) is 3.93. The van der Waals surface area contributed by atoms with E-state index in [1.807, 2.05) is 0 Å². The smallest absolute Gasteiger partial charge is 0.480 e. The molecule has 9 heteroatoms. The van der Waals surface area contributed by atoms with Crippen LogP contribution in [0.5, 0.6) is 5.75 Å². The number of carboxylic acid groups (broad SMARTS) is 1. The average molecular weight is 377 g/mol. The summed E-state index contributed by atoms with van der Waals surface area (Å²) in [5.74, 6) is -0.398. The molecule has 1 aliphatic rings. The quantitative estimate of drug-likeness (QED) is 0.797. The summed E-state index contributed by atoms with van der Waals surface area (Å²) in [7, 11) is 0. The van der Waals surface area contributed by atoms with Gasteiger partial charge in [0.1, 0.15) is 11.3 Å². The number of carboxylic acids is 1. The number of thioether (sulfide) groups is 1. The van der Waals surface area contributed by atoms with E-state index in [4.69, 9.17) is 0 Å². The van der Waals surface area contributed by atoms with Gasteiger partial charge in [-0.05, 0) is 48.5 Å². The second kappa shape index (κ2) is 7.99. The van der Waals surface area contributed by atoms with Crippen LogP contribution in [0.3, 0.4) is 0 Å². The van der Waals surface area contributed by atoms with Crippen LogP contribution >= 0.6 is 11.8 Å². The highest BCUT2D eigenvalue weighted by Crippen LogP contribution is 2.28. The highest BCUT2D eigenvalue weighted by Gasteiger charge is 2.41. The second-order valence-electron chi connectivity index (χ2n) is 5.74. The molecule has 0 aliphatic carbocycles. The van der Waals surface area contributed by atoms with Crippen LogP contribution in [-0.2, 0) is 16.0 Å². The minimum Gasteiger partial charge on any atom is -0.480 e. The van der Waals surface area contributed by atoms with Crippen molar-refractivity contribution in [2.45, 2.75) is 37.6 Å². The summed E-state index contributed by atoms with van der Waals surface area (Å²) in [6, 6.07) is 5.24. The first-order valence-electron chi connectivity index (χ1n) is 7.67. The van der Waals surface area contributed by atoms with E-state index in [-0.39, 0.29) is 18.1 Å². The van der Waals surface area contributed by atoms with Crippen molar-refractivity contribution < 1.29 is 32.6 Å². The molecule has 0 spiro atoms. The second-order valence-corrected chi connectivity index (χ2v) is 6.96. The molecule has 1 fully saturated rings. The summed E-state index contributed by atoms with van der Waals surface area (Å²) in [4.78, 5) is 23.6. The number of ether oxygens (including phenoxy) is 1. The Morgan fingerprint density at radius 1 is 1.20 bits per heavy atom. The molecule has 25 heavy (non-hydrogen) atoms. The van der Waals surface area contributed by atoms with Crippen LogP contribution in [0.1, 0.15) is 24.8 Å². The van der Waals surface area contributed by atoms with Gasteiger partial charge in [0, 0.05) is 6.42 Å². The molecule has 0 radical (unpaired) electrons. The van der Waals surface area contributed by atoms with Crippen LogP contribution in [-0.4, -0.2) is 40.4 Å². The Kier molecular flexibility index (Phi) is 6.21. The maximum atomic E-state index is 12.1. The fourth-order valence-corrected chi connectivity index (χ4v) is 3.75. The molecule has 0 saturated carbocycles. The fourth-order valence-electron chi connectivity index (χ4n) is 2.56. The minimum absolute atomic E-state index is 0.0572. The van der Waals surface area contributed by atoms with Crippen LogP contribution in [0.4, 0.5) is 13.2 Å². The number of carbonyl (C=O) groups is 2. The monoisotopic (exact) mass is 377 g/mol. The molecule has 2 N–H and O–H groups in total. The van der Waals surface area contributed by atoms with E-state index in [9.17, 15) is 27.9 Å². The number of aryl methyl sites for hydroxylation is 1. The van der Waals surface area contributed by atoms with E-state index in [2.05, 4.69) is 10.1 Å². The lowest BCUT2D eigenvalue weighted by Crippen LogP contribution is -2.56. The number of amides is 1. The summed E-state index contributed by atoms with van der Waals surface area (Å²) in [5.41, 5.74) is -0.555. The summed E-state index contributed by atoms with van der Waals surface area (Å²) in [5, 5.41) is 12.0. The molecule has 5 nitrogen and oxygen atoms in total. The predicted octanol–water partition coefficient (Wildman–Crippen LogP) is 2.98. The van der Waals surface area contributed by atoms with E-state index in [1.165, 1.54) is 24.3 Å². The van der Waals surface area contributed by atoms with E-state index in [0.717, 1.165) is 0 Å². The third kappa shape index (κ3) is 5.84. The highest BCUT2D eigenvalue weighted by molar-refractivity contribution is 7.99. The Labute approximate surface area is 146 Å². The first kappa shape index (κ1) is 19.4. The Morgan fingerprint density at radius 2 is 1.80 bits per heavy atom. The van der Waals surface area contributed by atoms with Gasteiger partial charge in [0.25, 0.3) is 0 Å². The Balaban J connectivity index is 1.88. The maximum absolute atomic E-state index is 12.1. The van der Waals surface area contributed by atoms with Gasteiger partial charge in [0.05, 0.1) is 0 Å². The normalized spacial score (nSPS) is 16.9. The molecule has 1 aliphatic heterocycles.